The van der Waals surface area contributed by atoms with Gasteiger partial charge in [-0.25, -0.2) is 9.18 Å². The highest BCUT2D eigenvalue weighted by atomic mass is 32.2. The molecule has 0 aliphatic rings. The number of halogens is 1. The first-order chi connectivity index (χ1) is 16.9. The molecule has 35 heavy (non-hydrogen) atoms. The van der Waals surface area contributed by atoms with Gasteiger partial charge in [-0.15, -0.1) is 10.2 Å². The predicted molar refractivity (Wildman–Crippen MR) is 131 cm³/mol. The summed E-state index contributed by atoms with van der Waals surface area (Å²) in [5.74, 6) is 0.608. The Bertz CT molecular complexity index is 1360. The van der Waals surface area contributed by atoms with Gasteiger partial charge in [0.15, 0.2) is 11.0 Å². The van der Waals surface area contributed by atoms with Crippen molar-refractivity contribution in [1.29, 1.82) is 0 Å². The van der Waals surface area contributed by atoms with Crippen LogP contribution in [0.3, 0.4) is 0 Å². The second-order valence-corrected chi connectivity index (χ2v) is 8.55. The molecule has 178 valence electrons. The van der Waals surface area contributed by atoms with E-state index in [2.05, 4.69) is 26.9 Å². The van der Waals surface area contributed by atoms with Crippen LogP contribution in [0.2, 0.25) is 0 Å². The van der Waals surface area contributed by atoms with E-state index in [0.717, 1.165) is 11.1 Å². The molecule has 4 rings (SSSR count). The number of benzene rings is 3. The number of rotatable bonds is 8. The Morgan fingerprint density at radius 1 is 1.09 bits per heavy atom. The number of nitro groups is 1. The molecule has 2 N–H and O–H groups in total. The van der Waals surface area contributed by atoms with Crippen molar-refractivity contribution in [2.75, 3.05) is 5.32 Å². The Kier molecular flexibility index (Phi) is 7.36. The third kappa shape index (κ3) is 6.21. The fourth-order valence-electron chi connectivity index (χ4n) is 3.34. The van der Waals surface area contributed by atoms with Crippen LogP contribution >= 0.6 is 11.8 Å². The number of nitro benzene ring substituents is 1. The van der Waals surface area contributed by atoms with Gasteiger partial charge < -0.3 is 10.6 Å². The standard InChI is InChI=1S/C24H21FN6O3S/c1-16-4-2-5-17(12-16)15-35-24-29-28-22(30(24)20-8-10-21(11-9-20)31(33)34)14-26-23(32)27-19-7-3-6-18(25)13-19/h2-13H,14-15H2,1H3,(H2,26,27,32). The molecular weight excluding hydrogens is 471 g/mol. The highest BCUT2D eigenvalue weighted by Gasteiger charge is 2.17. The SMILES string of the molecule is Cc1cccc(CSc2nnc(CNC(=O)Nc3cccc(F)c3)n2-c2ccc([N+](=O)[O-])cc2)c1. The second-order valence-electron chi connectivity index (χ2n) is 7.60. The molecule has 0 aliphatic carbocycles. The van der Waals surface area contributed by atoms with Crippen LogP contribution in [0.25, 0.3) is 5.69 Å². The number of carbonyl (C=O) groups is 1. The number of amides is 2. The molecule has 0 atom stereocenters. The zero-order chi connectivity index (χ0) is 24.8. The molecule has 0 radical (unpaired) electrons. The molecule has 0 unspecified atom stereocenters. The number of non-ortho nitro benzene ring substituents is 1. The maximum absolute atomic E-state index is 13.4. The average Bonchev–Trinajstić information content (AvgIpc) is 3.24. The summed E-state index contributed by atoms with van der Waals surface area (Å²) in [4.78, 5) is 22.9. The van der Waals surface area contributed by atoms with Crippen LogP contribution < -0.4 is 10.6 Å². The maximum atomic E-state index is 13.4. The van der Waals surface area contributed by atoms with Crippen molar-refractivity contribution in [2.45, 2.75) is 24.4 Å². The molecular formula is C24H21FN6O3S. The quantitative estimate of drug-likeness (QED) is 0.198. The topological polar surface area (TPSA) is 115 Å². The van der Waals surface area contributed by atoms with Gasteiger partial charge in [-0.05, 0) is 42.8 Å². The summed E-state index contributed by atoms with van der Waals surface area (Å²) in [7, 11) is 0. The Hall–Kier alpha value is -4.25. The molecule has 0 spiro atoms. The van der Waals surface area contributed by atoms with Gasteiger partial charge in [-0.3, -0.25) is 14.7 Å². The number of hydrogen-bond donors (Lipinski definition) is 2. The molecule has 9 nitrogen and oxygen atoms in total. The van der Waals surface area contributed by atoms with Crippen molar-refractivity contribution in [3.63, 3.8) is 0 Å². The third-order valence-electron chi connectivity index (χ3n) is 4.96. The summed E-state index contributed by atoms with van der Waals surface area (Å²) in [6.07, 6.45) is 0. The van der Waals surface area contributed by atoms with E-state index in [1.807, 2.05) is 25.1 Å². The van der Waals surface area contributed by atoms with Gasteiger partial charge in [0.05, 0.1) is 11.5 Å². The molecule has 0 saturated heterocycles. The Morgan fingerprint density at radius 2 is 1.86 bits per heavy atom. The first kappa shape index (κ1) is 23.9. The summed E-state index contributed by atoms with van der Waals surface area (Å²) in [6, 6.07) is 19.1. The van der Waals surface area contributed by atoms with Crippen molar-refractivity contribution in [2.24, 2.45) is 0 Å². The summed E-state index contributed by atoms with van der Waals surface area (Å²) < 4.78 is 15.1. The summed E-state index contributed by atoms with van der Waals surface area (Å²) >= 11 is 1.46. The zero-order valence-electron chi connectivity index (χ0n) is 18.6. The van der Waals surface area contributed by atoms with E-state index >= 15 is 0 Å². The fourth-order valence-corrected chi connectivity index (χ4v) is 4.26. The number of thioether (sulfide) groups is 1. The number of nitrogens with one attached hydrogen (secondary N) is 2. The monoisotopic (exact) mass is 492 g/mol. The lowest BCUT2D eigenvalue weighted by Crippen LogP contribution is -2.29. The van der Waals surface area contributed by atoms with Gasteiger partial charge in [0.1, 0.15) is 5.82 Å². The molecule has 11 heteroatoms. The van der Waals surface area contributed by atoms with Crippen molar-refractivity contribution < 1.29 is 14.1 Å². The van der Waals surface area contributed by atoms with E-state index in [-0.39, 0.29) is 12.2 Å². The number of carbonyl (C=O) groups excluding carboxylic acids is 1. The molecule has 0 bridgehead atoms. The highest BCUT2D eigenvalue weighted by molar-refractivity contribution is 7.98. The molecule has 1 aromatic heterocycles. The minimum atomic E-state index is -0.539. The Balaban J connectivity index is 1.54. The van der Waals surface area contributed by atoms with Crippen LogP contribution in [0.4, 0.5) is 20.6 Å². The molecule has 0 aliphatic heterocycles. The van der Waals surface area contributed by atoms with Crippen LogP contribution in [0, 0.1) is 22.9 Å². The fraction of sp³-hybridized carbons (Fsp3) is 0.125. The number of aryl methyl sites for hydroxylation is 1. The smallest absolute Gasteiger partial charge is 0.319 e. The first-order valence-corrected chi connectivity index (χ1v) is 11.6. The van der Waals surface area contributed by atoms with Crippen LogP contribution in [-0.4, -0.2) is 25.7 Å². The van der Waals surface area contributed by atoms with Crippen LogP contribution in [0.15, 0.2) is 78.0 Å². The summed E-state index contributed by atoms with van der Waals surface area (Å²) in [5, 5.41) is 25.4. The van der Waals surface area contributed by atoms with Crippen molar-refractivity contribution in [1.82, 2.24) is 20.1 Å². The summed E-state index contributed by atoms with van der Waals surface area (Å²) in [5.41, 5.74) is 3.16. The van der Waals surface area contributed by atoms with E-state index in [0.29, 0.717) is 28.1 Å². The molecule has 1 heterocycles. The van der Waals surface area contributed by atoms with Crippen LogP contribution in [-0.2, 0) is 12.3 Å². The molecule has 0 saturated carbocycles. The lowest BCUT2D eigenvalue weighted by molar-refractivity contribution is -0.384. The van der Waals surface area contributed by atoms with E-state index in [9.17, 15) is 19.3 Å². The van der Waals surface area contributed by atoms with Crippen molar-refractivity contribution in [3.05, 3.63) is 106 Å². The lowest BCUT2D eigenvalue weighted by Gasteiger charge is -2.12. The predicted octanol–water partition coefficient (Wildman–Crippen LogP) is 5.24. The number of aromatic nitrogens is 3. The normalized spacial score (nSPS) is 10.7. The van der Waals surface area contributed by atoms with Gasteiger partial charge in [0.2, 0.25) is 0 Å². The molecule has 3 aromatic carbocycles. The third-order valence-corrected chi connectivity index (χ3v) is 5.96. The average molecular weight is 493 g/mol. The number of hydrogen-bond acceptors (Lipinski definition) is 6. The molecule has 0 fully saturated rings. The van der Waals surface area contributed by atoms with E-state index in [1.54, 1.807) is 22.8 Å². The van der Waals surface area contributed by atoms with Crippen LogP contribution in [0.1, 0.15) is 17.0 Å². The van der Waals surface area contributed by atoms with E-state index < -0.39 is 16.8 Å². The number of nitrogens with zero attached hydrogens (tertiary/aromatic N) is 4. The van der Waals surface area contributed by atoms with Gasteiger partial charge >= 0.3 is 6.03 Å². The minimum absolute atomic E-state index is 0.0240. The van der Waals surface area contributed by atoms with E-state index in [1.165, 1.54) is 42.1 Å². The molecule has 2 amide bonds. The van der Waals surface area contributed by atoms with Crippen molar-refractivity contribution in [3.8, 4) is 5.69 Å². The zero-order valence-corrected chi connectivity index (χ0v) is 19.5. The van der Waals surface area contributed by atoms with Gasteiger partial charge in [0.25, 0.3) is 5.69 Å². The lowest BCUT2D eigenvalue weighted by atomic mass is 10.2. The van der Waals surface area contributed by atoms with Gasteiger partial charge in [-0.2, -0.15) is 0 Å². The largest absolute Gasteiger partial charge is 0.331 e. The Morgan fingerprint density at radius 3 is 2.57 bits per heavy atom. The van der Waals surface area contributed by atoms with E-state index in [4.69, 9.17) is 0 Å². The molecule has 4 aromatic rings. The minimum Gasteiger partial charge on any atom is -0.331 e. The number of anilines is 1. The number of urea groups is 1. The van der Waals surface area contributed by atoms with Crippen molar-refractivity contribution >= 4 is 29.2 Å². The van der Waals surface area contributed by atoms with Gasteiger partial charge in [-0.1, -0.05) is 47.7 Å². The van der Waals surface area contributed by atoms with Crippen LogP contribution in [0.5, 0.6) is 0 Å². The second kappa shape index (κ2) is 10.8. The van der Waals surface area contributed by atoms with Gasteiger partial charge in [0, 0.05) is 29.3 Å². The Labute approximate surface area is 204 Å². The first-order valence-electron chi connectivity index (χ1n) is 10.6. The highest BCUT2D eigenvalue weighted by Crippen LogP contribution is 2.26. The maximum Gasteiger partial charge on any atom is 0.319 e. The summed E-state index contributed by atoms with van der Waals surface area (Å²) in [6.45, 7) is 2.04.